The summed E-state index contributed by atoms with van der Waals surface area (Å²) < 4.78 is 0. The minimum Gasteiger partial charge on any atom is -0.349 e. The third-order valence-corrected chi connectivity index (χ3v) is 5.89. The van der Waals surface area contributed by atoms with Crippen LogP contribution in [0.2, 0.25) is 10.0 Å². The number of carbonyl (C=O) groups is 2. The van der Waals surface area contributed by atoms with E-state index in [9.17, 15) is 9.59 Å². The van der Waals surface area contributed by atoms with Gasteiger partial charge >= 0.3 is 0 Å². The van der Waals surface area contributed by atoms with Crippen molar-refractivity contribution in [3.63, 3.8) is 0 Å². The van der Waals surface area contributed by atoms with Crippen LogP contribution in [-0.4, -0.2) is 28.8 Å². The Morgan fingerprint density at radius 2 is 1.61 bits per heavy atom. The quantitative estimate of drug-likeness (QED) is 0.715. The van der Waals surface area contributed by atoms with E-state index >= 15 is 0 Å². The topological polar surface area (TPSA) is 49.4 Å². The van der Waals surface area contributed by atoms with Crippen molar-refractivity contribution < 1.29 is 9.59 Å². The Labute approximate surface area is 174 Å². The lowest BCUT2D eigenvalue weighted by atomic mass is 10.1. The fourth-order valence-electron chi connectivity index (χ4n) is 3.22. The number of carbonyl (C=O) groups excluding carboxylic acids is 2. The summed E-state index contributed by atoms with van der Waals surface area (Å²) >= 11 is 12.5. The molecule has 2 aromatic rings. The number of rotatable bonds is 7. The predicted octanol–water partition coefficient (Wildman–Crippen LogP) is 4.62. The summed E-state index contributed by atoms with van der Waals surface area (Å²) in [6.45, 7) is 0.524. The van der Waals surface area contributed by atoms with Gasteiger partial charge in [-0.05, 0) is 61.1 Å². The molecule has 2 aliphatic carbocycles. The number of halogens is 2. The van der Waals surface area contributed by atoms with Gasteiger partial charge in [-0.1, -0.05) is 41.4 Å². The monoisotopic (exact) mass is 416 g/mol. The van der Waals surface area contributed by atoms with Crippen molar-refractivity contribution in [3.8, 4) is 0 Å². The van der Waals surface area contributed by atoms with Gasteiger partial charge in [0.25, 0.3) is 5.91 Å². The summed E-state index contributed by atoms with van der Waals surface area (Å²) in [7, 11) is 0. The molecule has 0 unspecified atom stereocenters. The smallest absolute Gasteiger partial charge is 0.251 e. The first-order chi connectivity index (χ1) is 13.5. The lowest BCUT2D eigenvalue weighted by Crippen LogP contribution is -2.34. The van der Waals surface area contributed by atoms with Crippen molar-refractivity contribution in [3.05, 3.63) is 69.2 Å². The normalized spacial score (nSPS) is 15.9. The van der Waals surface area contributed by atoms with Crippen LogP contribution in [0.1, 0.15) is 47.2 Å². The van der Waals surface area contributed by atoms with Crippen LogP contribution >= 0.6 is 23.2 Å². The molecule has 4 rings (SSSR count). The van der Waals surface area contributed by atoms with Gasteiger partial charge in [0, 0.05) is 34.2 Å². The molecule has 146 valence electrons. The molecule has 2 amide bonds. The minimum atomic E-state index is -0.0301. The van der Waals surface area contributed by atoms with E-state index in [2.05, 4.69) is 5.32 Å². The molecule has 4 nitrogen and oxygen atoms in total. The Balaban J connectivity index is 1.43. The molecule has 2 saturated carbocycles. The Hall–Kier alpha value is -2.04. The average Bonchev–Trinajstić information content (AvgIpc) is 3.58. The summed E-state index contributed by atoms with van der Waals surface area (Å²) in [4.78, 5) is 27.0. The number of benzene rings is 2. The van der Waals surface area contributed by atoms with Gasteiger partial charge in [-0.3, -0.25) is 9.59 Å². The van der Waals surface area contributed by atoms with Crippen LogP contribution in [0.15, 0.2) is 42.5 Å². The average molecular weight is 417 g/mol. The molecular weight excluding hydrogens is 395 g/mol. The maximum atomic E-state index is 13.0. The van der Waals surface area contributed by atoms with Crippen molar-refractivity contribution >= 4 is 35.0 Å². The largest absolute Gasteiger partial charge is 0.349 e. The first-order valence-electron chi connectivity index (χ1n) is 9.63. The van der Waals surface area contributed by atoms with E-state index in [-0.39, 0.29) is 24.3 Å². The summed E-state index contributed by atoms with van der Waals surface area (Å²) in [6, 6.07) is 13.4. The number of hydrogen-bond acceptors (Lipinski definition) is 2. The van der Waals surface area contributed by atoms with Gasteiger partial charge in [-0.2, -0.15) is 0 Å². The molecular formula is C22H22Cl2N2O2. The van der Waals surface area contributed by atoms with Crippen LogP contribution in [0.4, 0.5) is 0 Å². The van der Waals surface area contributed by atoms with Crippen LogP contribution < -0.4 is 5.32 Å². The van der Waals surface area contributed by atoms with Crippen molar-refractivity contribution in [2.24, 2.45) is 0 Å². The molecule has 1 N–H and O–H groups in total. The Morgan fingerprint density at radius 1 is 0.964 bits per heavy atom. The zero-order valence-corrected chi connectivity index (χ0v) is 17.0. The summed E-state index contributed by atoms with van der Waals surface area (Å²) in [6.07, 6.45) is 4.36. The van der Waals surface area contributed by atoms with Gasteiger partial charge in [0.05, 0.1) is 6.42 Å². The van der Waals surface area contributed by atoms with Crippen LogP contribution in [0, 0.1) is 0 Å². The molecule has 28 heavy (non-hydrogen) atoms. The SMILES string of the molecule is O=C(NC1CC1)c1ccc(CN(C(=O)Cc2c(Cl)cccc2Cl)C2CC2)cc1. The van der Waals surface area contributed by atoms with E-state index in [1.54, 1.807) is 18.2 Å². The first-order valence-corrected chi connectivity index (χ1v) is 10.4. The highest BCUT2D eigenvalue weighted by Crippen LogP contribution is 2.31. The van der Waals surface area contributed by atoms with Crippen molar-refractivity contribution in [1.82, 2.24) is 10.2 Å². The first kappa shape index (κ1) is 19.3. The highest BCUT2D eigenvalue weighted by molar-refractivity contribution is 6.36. The van der Waals surface area contributed by atoms with Crippen molar-refractivity contribution in [2.75, 3.05) is 0 Å². The van der Waals surface area contributed by atoms with Crippen LogP contribution in [0.25, 0.3) is 0 Å². The summed E-state index contributed by atoms with van der Waals surface area (Å²) in [5.74, 6) is -0.00871. The van der Waals surface area contributed by atoms with E-state index in [0.717, 1.165) is 31.2 Å². The third kappa shape index (κ3) is 4.68. The summed E-state index contributed by atoms with van der Waals surface area (Å²) in [5, 5.41) is 4.02. The number of nitrogens with one attached hydrogen (secondary N) is 1. The second-order valence-corrected chi connectivity index (χ2v) is 8.39. The van der Waals surface area contributed by atoms with Crippen LogP contribution in [0.3, 0.4) is 0 Å². The third-order valence-electron chi connectivity index (χ3n) is 5.18. The molecule has 0 heterocycles. The van der Waals surface area contributed by atoms with Gasteiger partial charge in [0.2, 0.25) is 5.91 Å². The molecule has 6 heteroatoms. The molecule has 2 fully saturated rings. The Morgan fingerprint density at radius 3 is 2.18 bits per heavy atom. The van der Waals surface area contributed by atoms with E-state index in [1.807, 2.05) is 29.2 Å². The second-order valence-electron chi connectivity index (χ2n) is 7.57. The van der Waals surface area contributed by atoms with Gasteiger partial charge in [-0.15, -0.1) is 0 Å². The lowest BCUT2D eigenvalue weighted by molar-refractivity contribution is -0.131. The van der Waals surface area contributed by atoms with Crippen molar-refractivity contribution in [1.29, 1.82) is 0 Å². The van der Waals surface area contributed by atoms with E-state index < -0.39 is 0 Å². The fraction of sp³-hybridized carbons (Fsp3) is 0.364. The molecule has 0 spiro atoms. The molecule has 0 saturated heterocycles. The van der Waals surface area contributed by atoms with Crippen LogP contribution in [-0.2, 0) is 17.8 Å². The zero-order chi connectivity index (χ0) is 19.7. The highest BCUT2D eigenvalue weighted by Gasteiger charge is 2.33. The van der Waals surface area contributed by atoms with Gasteiger partial charge < -0.3 is 10.2 Å². The fourth-order valence-corrected chi connectivity index (χ4v) is 3.75. The maximum Gasteiger partial charge on any atom is 0.251 e. The van der Waals surface area contributed by atoms with E-state index in [1.165, 1.54) is 0 Å². The van der Waals surface area contributed by atoms with E-state index in [0.29, 0.717) is 33.8 Å². The Bertz CT molecular complexity index is 870. The predicted molar refractivity (Wildman–Crippen MR) is 111 cm³/mol. The van der Waals surface area contributed by atoms with E-state index in [4.69, 9.17) is 23.2 Å². The second kappa shape index (κ2) is 8.14. The lowest BCUT2D eigenvalue weighted by Gasteiger charge is -2.23. The molecule has 2 aliphatic rings. The number of nitrogens with zero attached hydrogens (tertiary/aromatic N) is 1. The minimum absolute atomic E-state index is 0.0213. The maximum absolute atomic E-state index is 13.0. The molecule has 0 aromatic heterocycles. The van der Waals surface area contributed by atoms with Gasteiger partial charge in [0.15, 0.2) is 0 Å². The highest BCUT2D eigenvalue weighted by atomic mass is 35.5. The molecule has 0 radical (unpaired) electrons. The van der Waals surface area contributed by atoms with Gasteiger partial charge in [-0.25, -0.2) is 0 Å². The number of amides is 2. The number of hydrogen-bond donors (Lipinski definition) is 1. The van der Waals surface area contributed by atoms with Gasteiger partial charge in [0.1, 0.15) is 0 Å². The van der Waals surface area contributed by atoms with Crippen LogP contribution in [0.5, 0.6) is 0 Å². The molecule has 0 bridgehead atoms. The van der Waals surface area contributed by atoms with Crippen molar-refractivity contribution in [2.45, 2.75) is 50.7 Å². The zero-order valence-electron chi connectivity index (χ0n) is 15.5. The molecule has 0 atom stereocenters. The summed E-state index contributed by atoms with van der Waals surface area (Å²) in [5.41, 5.74) is 2.34. The molecule has 0 aliphatic heterocycles. The Kier molecular flexibility index (Phi) is 5.61. The standard InChI is InChI=1S/C22H22Cl2N2O2/c23-19-2-1-3-20(24)18(19)12-21(27)26(17-10-11-17)13-14-4-6-15(7-5-14)22(28)25-16-8-9-16/h1-7,16-17H,8-13H2,(H,25,28). The molecule has 2 aromatic carbocycles.